The lowest BCUT2D eigenvalue weighted by atomic mass is 10.1. The van der Waals surface area contributed by atoms with E-state index in [2.05, 4.69) is 5.32 Å². The van der Waals surface area contributed by atoms with Crippen LogP contribution in [-0.4, -0.2) is 18.1 Å². The number of hydrogen-bond acceptors (Lipinski definition) is 4. The lowest BCUT2D eigenvalue weighted by Crippen LogP contribution is -2.48. The van der Waals surface area contributed by atoms with Crippen LogP contribution in [0.1, 0.15) is 12.7 Å². The number of fused-ring (bicyclic) bond motifs is 1. The van der Waals surface area contributed by atoms with E-state index in [1.807, 2.05) is 25.1 Å². The summed E-state index contributed by atoms with van der Waals surface area (Å²) in [5.74, 6) is 1.73. The molecule has 0 fully saturated rings. The number of furan rings is 1. The minimum absolute atomic E-state index is 0.219. The molecular weight excluding hydrogens is 258 g/mol. The summed E-state index contributed by atoms with van der Waals surface area (Å²) in [6, 6.07) is 10.9. The lowest BCUT2D eigenvalue weighted by Gasteiger charge is -2.30. The summed E-state index contributed by atoms with van der Waals surface area (Å²) in [6.07, 6.45) is 0.557. The SMILES string of the molecule is C[C@@H]1Oc2ccccc2O[C@@H]1C(=O)NCc1ccco1. The third kappa shape index (κ3) is 2.47. The van der Waals surface area contributed by atoms with E-state index in [0.29, 0.717) is 23.8 Å². The van der Waals surface area contributed by atoms with Crippen molar-refractivity contribution < 1.29 is 18.7 Å². The first kappa shape index (κ1) is 12.6. The number of amides is 1. The maximum Gasteiger partial charge on any atom is 0.265 e. The molecule has 0 radical (unpaired) electrons. The summed E-state index contributed by atoms with van der Waals surface area (Å²) >= 11 is 0. The minimum atomic E-state index is -0.667. The molecule has 1 aliphatic rings. The molecule has 1 aromatic heterocycles. The molecule has 0 bridgehead atoms. The zero-order valence-electron chi connectivity index (χ0n) is 11.0. The van der Waals surface area contributed by atoms with E-state index in [1.165, 1.54) is 0 Å². The van der Waals surface area contributed by atoms with Crippen LogP contribution < -0.4 is 14.8 Å². The Balaban J connectivity index is 1.66. The highest BCUT2D eigenvalue weighted by Crippen LogP contribution is 2.33. The van der Waals surface area contributed by atoms with Crippen LogP contribution in [0.25, 0.3) is 0 Å². The summed E-state index contributed by atoms with van der Waals surface area (Å²) < 4.78 is 16.6. The maximum atomic E-state index is 12.2. The lowest BCUT2D eigenvalue weighted by molar-refractivity contribution is -0.133. The molecule has 5 heteroatoms. The second-order valence-electron chi connectivity index (χ2n) is 4.61. The van der Waals surface area contributed by atoms with Gasteiger partial charge in [-0.25, -0.2) is 0 Å². The summed E-state index contributed by atoms with van der Waals surface area (Å²) in [5.41, 5.74) is 0. The van der Waals surface area contributed by atoms with Crippen molar-refractivity contribution in [1.82, 2.24) is 5.32 Å². The smallest absolute Gasteiger partial charge is 0.265 e. The Morgan fingerprint density at radius 3 is 2.60 bits per heavy atom. The Kier molecular flexibility index (Phi) is 3.33. The van der Waals surface area contributed by atoms with E-state index in [9.17, 15) is 4.79 Å². The Bertz CT molecular complexity index is 594. The molecule has 1 N–H and O–H groups in total. The van der Waals surface area contributed by atoms with Crippen molar-refractivity contribution in [2.24, 2.45) is 0 Å². The molecular formula is C15H15NO4. The Hall–Kier alpha value is -2.43. The highest BCUT2D eigenvalue weighted by atomic mass is 16.6. The highest BCUT2D eigenvalue weighted by Gasteiger charge is 2.33. The molecule has 1 aliphatic heterocycles. The number of ether oxygens (including phenoxy) is 2. The standard InChI is InChI=1S/C15H15NO4/c1-10-14(15(17)16-9-11-5-4-8-18-11)20-13-7-3-2-6-12(13)19-10/h2-8,10,14H,9H2,1H3,(H,16,17)/t10-,14-/m0/s1. The fourth-order valence-corrected chi connectivity index (χ4v) is 2.09. The number of benzene rings is 1. The van der Waals surface area contributed by atoms with Gasteiger partial charge in [-0.3, -0.25) is 4.79 Å². The average Bonchev–Trinajstić information content (AvgIpc) is 2.97. The minimum Gasteiger partial charge on any atom is -0.482 e. The molecule has 3 rings (SSSR count). The second kappa shape index (κ2) is 5.28. The van der Waals surface area contributed by atoms with Gasteiger partial charge in [-0.1, -0.05) is 12.1 Å². The summed E-state index contributed by atoms with van der Waals surface area (Å²) in [5, 5.41) is 2.78. The monoisotopic (exact) mass is 273 g/mol. The first-order chi connectivity index (χ1) is 9.74. The van der Waals surface area contributed by atoms with Gasteiger partial charge >= 0.3 is 0 Å². The van der Waals surface area contributed by atoms with Gasteiger partial charge in [0.1, 0.15) is 11.9 Å². The number of nitrogens with one attached hydrogen (secondary N) is 1. The predicted molar refractivity (Wildman–Crippen MR) is 71.5 cm³/mol. The molecule has 20 heavy (non-hydrogen) atoms. The van der Waals surface area contributed by atoms with Crippen LogP contribution >= 0.6 is 0 Å². The number of rotatable bonds is 3. The van der Waals surface area contributed by atoms with Crippen molar-refractivity contribution >= 4 is 5.91 Å². The normalized spacial score (nSPS) is 20.4. The zero-order chi connectivity index (χ0) is 13.9. The van der Waals surface area contributed by atoms with Gasteiger partial charge < -0.3 is 19.2 Å². The third-order valence-corrected chi connectivity index (χ3v) is 3.12. The Morgan fingerprint density at radius 1 is 1.15 bits per heavy atom. The van der Waals surface area contributed by atoms with Crippen LogP contribution in [0.4, 0.5) is 0 Å². The van der Waals surface area contributed by atoms with Crippen molar-refractivity contribution in [3.8, 4) is 11.5 Å². The molecule has 2 aromatic rings. The van der Waals surface area contributed by atoms with Gasteiger partial charge in [-0.2, -0.15) is 0 Å². The molecule has 2 heterocycles. The Labute approximate surface area is 116 Å². The first-order valence-electron chi connectivity index (χ1n) is 6.46. The molecule has 5 nitrogen and oxygen atoms in total. The van der Waals surface area contributed by atoms with Gasteiger partial charge in [0.25, 0.3) is 5.91 Å². The topological polar surface area (TPSA) is 60.7 Å². The van der Waals surface area contributed by atoms with Crippen LogP contribution in [0.15, 0.2) is 47.1 Å². The summed E-state index contributed by atoms with van der Waals surface area (Å²) in [6.45, 7) is 2.15. The van der Waals surface area contributed by atoms with Crippen LogP contribution in [0.5, 0.6) is 11.5 Å². The highest BCUT2D eigenvalue weighted by molar-refractivity contribution is 5.82. The molecule has 104 valence electrons. The third-order valence-electron chi connectivity index (χ3n) is 3.12. The van der Waals surface area contributed by atoms with Gasteiger partial charge in [0.2, 0.25) is 6.10 Å². The van der Waals surface area contributed by atoms with E-state index in [1.54, 1.807) is 24.5 Å². The average molecular weight is 273 g/mol. The molecule has 0 saturated heterocycles. The number of carbonyl (C=O) groups excluding carboxylic acids is 1. The molecule has 1 amide bonds. The van der Waals surface area contributed by atoms with E-state index in [0.717, 1.165) is 0 Å². The summed E-state index contributed by atoms with van der Waals surface area (Å²) in [4.78, 5) is 12.2. The maximum absolute atomic E-state index is 12.2. The van der Waals surface area contributed by atoms with Crippen LogP contribution in [0, 0.1) is 0 Å². The largest absolute Gasteiger partial charge is 0.482 e. The van der Waals surface area contributed by atoms with E-state index in [4.69, 9.17) is 13.9 Å². The van der Waals surface area contributed by atoms with Crippen molar-refractivity contribution in [3.63, 3.8) is 0 Å². The van der Waals surface area contributed by atoms with Gasteiger partial charge in [0.05, 0.1) is 12.8 Å². The van der Waals surface area contributed by atoms with E-state index in [-0.39, 0.29) is 12.0 Å². The van der Waals surface area contributed by atoms with Crippen LogP contribution in [-0.2, 0) is 11.3 Å². The molecule has 0 unspecified atom stereocenters. The molecule has 0 aliphatic carbocycles. The van der Waals surface area contributed by atoms with Gasteiger partial charge in [-0.15, -0.1) is 0 Å². The fraction of sp³-hybridized carbons (Fsp3) is 0.267. The van der Waals surface area contributed by atoms with E-state index < -0.39 is 6.10 Å². The molecule has 1 aromatic carbocycles. The first-order valence-corrected chi connectivity index (χ1v) is 6.46. The number of hydrogen-bond donors (Lipinski definition) is 1. The van der Waals surface area contributed by atoms with Crippen molar-refractivity contribution in [1.29, 1.82) is 0 Å². The Morgan fingerprint density at radius 2 is 1.90 bits per heavy atom. The van der Waals surface area contributed by atoms with Crippen molar-refractivity contribution in [3.05, 3.63) is 48.4 Å². The zero-order valence-corrected chi connectivity index (χ0v) is 11.0. The number of carbonyl (C=O) groups is 1. The van der Waals surface area contributed by atoms with Crippen LogP contribution in [0.3, 0.4) is 0 Å². The second-order valence-corrected chi connectivity index (χ2v) is 4.61. The van der Waals surface area contributed by atoms with Crippen LogP contribution in [0.2, 0.25) is 0 Å². The van der Waals surface area contributed by atoms with E-state index >= 15 is 0 Å². The number of para-hydroxylation sites is 2. The van der Waals surface area contributed by atoms with Gasteiger partial charge in [0.15, 0.2) is 11.5 Å². The molecule has 0 spiro atoms. The fourth-order valence-electron chi connectivity index (χ4n) is 2.09. The quantitative estimate of drug-likeness (QED) is 0.930. The van der Waals surface area contributed by atoms with Crippen molar-refractivity contribution in [2.45, 2.75) is 25.7 Å². The summed E-state index contributed by atoms with van der Waals surface area (Å²) in [7, 11) is 0. The van der Waals surface area contributed by atoms with Gasteiger partial charge in [0, 0.05) is 0 Å². The molecule has 2 atom stereocenters. The van der Waals surface area contributed by atoms with Gasteiger partial charge in [-0.05, 0) is 31.2 Å². The van der Waals surface area contributed by atoms with Crippen molar-refractivity contribution in [2.75, 3.05) is 0 Å². The predicted octanol–water partition coefficient (Wildman–Crippen LogP) is 2.12. The molecule has 0 saturated carbocycles.